The Kier molecular flexibility index (Phi) is 1.82. The van der Waals surface area contributed by atoms with Gasteiger partial charge in [0.1, 0.15) is 5.76 Å². The fourth-order valence-corrected chi connectivity index (χ4v) is 1.07. The molecule has 2 aromatic heterocycles. The van der Waals surface area contributed by atoms with Crippen molar-refractivity contribution < 1.29 is 17.7 Å². The van der Waals surface area contributed by atoms with Crippen molar-refractivity contribution in [3.05, 3.63) is 28.1 Å². The Morgan fingerprint density at radius 2 is 2.07 bits per heavy atom. The second-order valence-corrected chi connectivity index (χ2v) is 2.83. The molecular formula is C7H4F3N3O2. The number of alkyl halides is 3. The minimum Gasteiger partial charge on any atom is -0.373 e. The monoisotopic (exact) mass is 219 g/mol. The largest absolute Gasteiger partial charge is 0.451 e. The number of hydrogen-bond acceptors (Lipinski definition) is 4. The van der Waals surface area contributed by atoms with Gasteiger partial charge in [-0.25, -0.2) is 9.78 Å². The molecule has 0 aromatic carbocycles. The molecule has 0 fully saturated rings. The Morgan fingerprint density at radius 1 is 1.40 bits per heavy atom. The van der Waals surface area contributed by atoms with Crippen LogP contribution in [0.15, 0.2) is 15.4 Å². The van der Waals surface area contributed by atoms with Gasteiger partial charge in [0.05, 0.1) is 0 Å². The molecular weight excluding hydrogens is 215 g/mol. The highest BCUT2D eigenvalue weighted by atomic mass is 19.4. The topological polar surface area (TPSA) is 60.4 Å². The van der Waals surface area contributed by atoms with Gasteiger partial charge in [0.25, 0.3) is 0 Å². The number of halogens is 3. The summed E-state index contributed by atoms with van der Waals surface area (Å²) in [5, 5.41) is 0. The summed E-state index contributed by atoms with van der Waals surface area (Å²) in [5.41, 5.74) is -1.35. The van der Waals surface area contributed by atoms with E-state index in [4.69, 9.17) is 4.52 Å². The van der Waals surface area contributed by atoms with E-state index in [9.17, 15) is 18.0 Å². The van der Waals surface area contributed by atoms with Crippen LogP contribution < -0.4 is 5.69 Å². The summed E-state index contributed by atoms with van der Waals surface area (Å²) in [7, 11) is 0. The van der Waals surface area contributed by atoms with Gasteiger partial charge in [0, 0.05) is 6.07 Å². The zero-order chi connectivity index (χ0) is 11.2. The molecule has 2 rings (SSSR count). The lowest BCUT2D eigenvalue weighted by atomic mass is 10.5. The van der Waals surface area contributed by atoms with Gasteiger partial charge in [0.15, 0.2) is 5.65 Å². The van der Waals surface area contributed by atoms with E-state index in [1.165, 1.54) is 13.0 Å². The molecule has 0 amide bonds. The summed E-state index contributed by atoms with van der Waals surface area (Å²) in [6, 6.07) is 1.22. The summed E-state index contributed by atoms with van der Waals surface area (Å²) in [6.07, 6.45) is -4.74. The number of rotatable bonds is 0. The van der Waals surface area contributed by atoms with Gasteiger partial charge in [-0.05, 0) is 6.92 Å². The van der Waals surface area contributed by atoms with Crippen molar-refractivity contribution in [3.63, 3.8) is 0 Å². The second-order valence-electron chi connectivity index (χ2n) is 2.83. The van der Waals surface area contributed by atoms with Crippen LogP contribution in [-0.4, -0.2) is 14.5 Å². The standard InChI is InChI=1S/C7H4F3N3O2/c1-3-2-4-11-5(7(8,9)10)12-6(14)13(4)15-3/h2H,1H3. The van der Waals surface area contributed by atoms with E-state index in [-0.39, 0.29) is 11.4 Å². The Hall–Kier alpha value is -1.86. The molecule has 0 atom stereocenters. The van der Waals surface area contributed by atoms with E-state index in [1.807, 2.05) is 0 Å². The average molecular weight is 219 g/mol. The first-order chi connectivity index (χ1) is 6.88. The summed E-state index contributed by atoms with van der Waals surface area (Å²) >= 11 is 0. The number of aryl methyl sites for hydroxylation is 1. The van der Waals surface area contributed by atoms with Crippen molar-refractivity contribution in [3.8, 4) is 0 Å². The molecule has 15 heavy (non-hydrogen) atoms. The maximum absolute atomic E-state index is 12.2. The van der Waals surface area contributed by atoms with Crippen LogP contribution >= 0.6 is 0 Å². The van der Waals surface area contributed by atoms with Gasteiger partial charge in [-0.3, -0.25) is 0 Å². The molecule has 0 aliphatic rings. The third-order valence-corrected chi connectivity index (χ3v) is 1.62. The van der Waals surface area contributed by atoms with Gasteiger partial charge in [0.2, 0.25) is 5.82 Å². The maximum atomic E-state index is 12.2. The quantitative estimate of drug-likeness (QED) is 0.663. The zero-order valence-electron chi connectivity index (χ0n) is 7.37. The lowest BCUT2D eigenvalue weighted by molar-refractivity contribution is -0.145. The van der Waals surface area contributed by atoms with E-state index >= 15 is 0 Å². The van der Waals surface area contributed by atoms with Crippen LogP contribution in [0.2, 0.25) is 0 Å². The van der Waals surface area contributed by atoms with Gasteiger partial charge in [-0.15, -0.1) is 4.57 Å². The predicted molar refractivity (Wildman–Crippen MR) is 41.3 cm³/mol. The first kappa shape index (κ1) is 9.69. The fraction of sp³-hybridized carbons (Fsp3) is 0.286. The molecule has 0 aliphatic heterocycles. The van der Waals surface area contributed by atoms with E-state index in [0.29, 0.717) is 4.57 Å². The van der Waals surface area contributed by atoms with Crippen molar-refractivity contribution in [2.24, 2.45) is 0 Å². The second kappa shape index (κ2) is 2.81. The lowest BCUT2D eigenvalue weighted by Gasteiger charge is -2.02. The van der Waals surface area contributed by atoms with Crippen LogP contribution in [0.5, 0.6) is 0 Å². The number of aromatic nitrogens is 3. The zero-order valence-corrected chi connectivity index (χ0v) is 7.37. The van der Waals surface area contributed by atoms with Gasteiger partial charge in [-0.1, -0.05) is 0 Å². The van der Waals surface area contributed by atoms with Crippen molar-refractivity contribution >= 4 is 5.65 Å². The molecule has 0 unspecified atom stereocenters. The van der Waals surface area contributed by atoms with E-state index in [2.05, 4.69) is 9.97 Å². The van der Waals surface area contributed by atoms with Crippen LogP contribution in [0.4, 0.5) is 13.2 Å². The first-order valence-electron chi connectivity index (χ1n) is 3.83. The molecule has 0 bridgehead atoms. The SMILES string of the molecule is Cc1cc2nc(C(F)(F)F)nc(=O)n2o1. The van der Waals surface area contributed by atoms with Crippen LogP contribution in [-0.2, 0) is 6.18 Å². The van der Waals surface area contributed by atoms with Crippen LogP contribution in [0.25, 0.3) is 5.65 Å². The molecule has 5 nitrogen and oxygen atoms in total. The fourth-order valence-electron chi connectivity index (χ4n) is 1.07. The highest BCUT2D eigenvalue weighted by Crippen LogP contribution is 2.25. The molecule has 0 saturated carbocycles. The summed E-state index contributed by atoms with van der Waals surface area (Å²) in [5.74, 6) is -1.19. The van der Waals surface area contributed by atoms with E-state index in [0.717, 1.165) is 0 Å². The molecule has 0 radical (unpaired) electrons. The first-order valence-corrected chi connectivity index (χ1v) is 3.83. The highest BCUT2D eigenvalue weighted by molar-refractivity contribution is 5.36. The van der Waals surface area contributed by atoms with Crippen LogP contribution in [0.3, 0.4) is 0 Å². The summed E-state index contributed by atoms with van der Waals surface area (Å²) < 4.78 is 42.0. The minimum absolute atomic E-state index is 0.208. The van der Waals surface area contributed by atoms with Gasteiger partial charge < -0.3 is 4.52 Å². The molecule has 8 heteroatoms. The molecule has 2 aromatic rings. The Labute approximate surface area is 80.1 Å². The normalized spacial score (nSPS) is 12.3. The lowest BCUT2D eigenvalue weighted by Crippen LogP contribution is -2.23. The van der Waals surface area contributed by atoms with E-state index < -0.39 is 17.7 Å². The maximum Gasteiger partial charge on any atom is 0.451 e. The Bertz CT molecular complexity index is 569. The van der Waals surface area contributed by atoms with Gasteiger partial charge >= 0.3 is 11.9 Å². The number of fused-ring (bicyclic) bond motifs is 1. The molecule has 80 valence electrons. The molecule has 2 heterocycles. The molecule has 0 aliphatic carbocycles. The van der Waals surface area contributed by atoms with Gasteiger partial charge in [-0.2, -0.15) is 18.2 Å². The highest BCUT2D eigenvalue weighted by Gasteiger charge is 2.35. The van der Waals surface area contributed by atoms with Crippen molar-refractivity contribution in [2.45, 2.75) is 13.1 Å². The summed E-state index contributed by atoms with van der Waals surface area (Å²) in [6.45, 7) is 1.49. The van der Waals surface area contributed by atoms with Crippen molar-refractivity contribution in [2.75, 3.05) is 0 Å². The van der Waals surface area contributed by atoms with Crippen LogP contribution in [0.1, 0.15) is 11.6 Å². The smallest absolute Gasteiger partial charge is 0.373 e. The third-order valence-electron chi connectivity index (χ3n) is 1.62. The Balaban J connectivity index is 2.78. The summed E-state index contributed by atoms with van der Waals surface area (Å²) in [4.78, 5) is 17.0. The molecule has 0 N–H and O–H groups in total. The van der Waals surface area contributed by atoms with Crippen LogP contribution in [0, 0.1) is 6.92 Å². The number of nitrogens with zero attached hydrogens (tertiary/aromatic N) is 3. The predicted octanol–water partition coefficient (Wildman–Crippen LogP) is 1.01. The molecule has 0 saturated heterocycles. The molecule has 0 spiro atoms. The number of hydrogen-bond donors (Lipinski definition) is 0. The Morgan fingerprint density at radius 3 is 2.67 bits per heavy atom. The average Bonchev–Trinajstić information content (AvgIpc) is 2.44. The van der Waals surface area contributed by atoms with Crippen molar-refractivity contribution in [1.82, 2.24) is 14.5 Å². The minimum atomic E-state index is -4.74. The third kappa shape index (κ3) is 1.58. The van der Waals surface area contributed by atoms with Crippen molar-refractivity contribution in [1.29, 1.82) is 0 Å². The van der Waals surface area contributed by atoms with E-state index in [1.54, 1.807) is 0 Å².